The Hall–Kier alpha value is -3.70. The Morgan fingerprint density at radius 1 is 0.833 bits per heavy atom. The molecule has 0 saturated heterocycles. The first-order valence-corrected chi connectivity index (χ1v) is 9.72. The molecule has 0 spiro atoms. The van der Waals surface area contributed by atoms with Crippen LogP contribution in [0, 0.1) is 0 Å². The lowest BCUT2D eigenvalue weighted by molar-refractivity contribution is 0.0697. The molecule has 0 amide bonds. The Labute approximate surface area is 175 Å². The molecule has 30 heavy (non-hydrogen) atoms. The van der Waals surface area contributed by atoms with E-state index in [1.165, 1.54) is 11.1 Å². The van der Waals surface area contributed by atoms with Crippen LogP contribution >= 0.6 is 0 Å². The van der Waals surface area contributed by atoms with E-state index in [2.05, 4.69) is 41.4 Å². The fourth-order valence-corrected chi connectivity index (χ4v) is 3.23. The normalized spacial score (nSPS) is 10.8. The minimum atomic E-state index is -0.918. The number of ether oxygens (including phenoxy) is 1. The second kappa shape index (κ2) is 9.20. The molecule has 0 aliphatic rings. The van der Waals surface area contributed by atoms with Crippen LogP contribution in [-0.4, -0.2) is 20.6 Å². The fraction of sp³-hybridized carbons (Fsp3) is 0.120. The fourth-order valence-electron chi connectivity index (χ4n) is 3.23. The van der Waals surface area contributed by atoms with Gasteiger partial charge in [-0.25, -0.2) is 9.78 Å². The number of aromatic nitrogens is 2. The Kier molecular flexibility index (Phi) is 6.01. The molecule has 0 unspecified atom stereocenters. The van der Waals surface area contributed by atoms with Gasteiger partial charge in [0.05, 0.1) is 30.8 Å². The van der Waals surface area contributed by atoms with Crippen molar-refractivity contribution in [3.63, 3.8) is 0 Å². The van der Waals surface area contributed by atoms with Gasteiger partial charge in [-0.2, -0.15) is 0 Å². The number of hydrogen-bond acceptors (Lipinski definition) is 3. The van der Waals surface area contributed by atoms with Crippen LogP contribution in [0.1, 0.15) is 27.2 Å². The quantitative estimate of drug-likeness (QED) is 0.453. The molecule has 4 rings (SSSR count). The molecule has 1 aromatic heterocycles. The number of imidazole rings is 1. The summed E-state index contributed by atoms with van der Waals surface area (Å²) < 4.78 is 7.78. The summed E-state index contributed by atoms with van der Waals surface area (Å²) >= 11 is 0. The maximum Gasteiger partial charge on any atom is 0.335 e. The number of nitrogens with zero attached hydrogens (tertiary/aromatic N) is 2. The molecule has 150 valence electrons. The summed E-state index contributed by atoms with van der Waals surface area (Å²) in [5.74, 6) is -0.918. The highest BCUT2D eigenvalue weighted by Crippen LogP contribution is 2.19. The largest absolute Gasteiger partial charge is 0.478 e. The molecule has 0 radical (unpaired) electrons. The number of rotatable bonds is 8. The van der Waals surface area contributed by atoms with E-state index in [4.69, 9.17) is 9.84 Å². The summed E-state index contributed by atoms with van der Waals surface area (Å²) in [4.78, 5) is 15.3. The highest BCUT2D eigenvalue weighted by Gasteiger charge is 2.04. The summed E-state index contributed by atoms with van der Waals surface area (Å²) in [5.41, 5.74) is 5.67. The van der Waals surface area contributed by atoms with Gasteiger partial charge in [-0.05, 0) is 34.4 Å². The number of hydrogen-bond donors (Lipinski definition) is 1. The van der Waals surface area contributed by atoms with Crippen molar-refractivity contribution in [2.75, 3.05) is 0 Å². The number of carboxylic acids is 1. The van der Waals surface area contributed by atoms with Gasteiger partial charge in [0.15, 0.2) is 0 Å². The number of benzene rings is 3. The van der Waals surface area contributed by atoms with Gasteiger partial charge in [0.2, 0.25) is 0 Å². The molecular weight excluding hydrogens is 376 g/mol. The van der Waals surface area contributed by atoms with Crippen LogP contribution in [0.25, 0.3) is 11.1 Å². The second-order valence-electron chi connectivity index (χ2n) is 7.10. The first-order valence-electron chi connectivity index (χ1n) is 9.72. The maximum atomic E-state index is 10.9. The third-order valence-corrected chi connectivity index (χ3v) is 4.83. The summed E-state index contributed by atoms with van der Waals surface area (Å²) in [6, 6.07) is 25.5. The molecule has 4 aromatic rings. The van der Waals surface area contributed by atoms with Gasteiger partial charge >= 0.3 is 5.97 Å². The molecule has 0 fully saturated rings. The Bertz CT molecular complexity index is 1100. The molecule has 0 bridgehead atoms. The SMILES string of the molecule is O=C(O)c1ccc(Cn2cnc(COCc3ccc(-c4ccccc4)cc3)c2)cc1. The van der Waals surface area contributed by atoms with E-state index in [0.717, 1.165) is 16.8 Å². The summed E-state index contributed by atoms with van der Waals surface area (Å²) in [5, 5.41) is 8.97. The zero-order valence-electron chi connectivity index (χ0n) is 16.4. The second-order valence-corrected chi connectivity index (χ2v) is 7.10. The first kappa shape index (κ1) is 19.6. The molecule has 0 saturated carbocycles. The smallest absolute Gasteiger partial charge is 0.335 e. The third-order valence-electron chi connectivity index (χ3n) is 4.83. The van der Waals surface area contributed by atoms with Gasteiger partial charge in [-0.3, -0.25) is 0 Å². The first-order chi connectivity index (χ1) is 14.7. The van der Waals surface area contributed by atoms with Gasteiger partial charge in [-0.15, -0.1) is 0 Å². The zero-order chi connectivity index (χ0) is 20.8. The van der Waals surface area contributed by atoms with Crippen LogP contribution < -0.4 is 0 Å². The lowest BCUT2D eigenvalue weighted by atomic mass is 10.0. The minimum absolute atomic E-state index is 0.287. The highest BCUT2D eigenvalue weighted by atomic mass is 16.5. The molecule has 5 nitrogen and oxygen atoms in total. The van der Waals surface area contributed by atoms with Gasteiger partial charge in [-0.1, -0.05) is 66.7 Å². The number of carbonyl (C=O) groups is 1. The van der Waals surface area contributed by atoms with Gasteiger partial charge in [0, 0.05) is 12.7 Å². The van der Waals surface area contributed by atoms with E-state index in [1.54, 1.807) is 18.5 Å². The van der Waals surface area contributed by atoms with Crippen LogP contribution in [0.15, 0.2) is 91.4 Å². The van der Waals surface area contributed by atoms with Crippen molar-refractivity contribution in [3.8, 4) is 11.1 Å². The van der Waals surface area contributed by atoms with Crippen molar-refractivity contribution in [1.29, 1.82) is 0 Å². The van der Waals surface area contributed by atoms with E-state index in [1.807, 2.05) is 41.1 Å². The Morgan fingerprint density at radius 2 is 1.50 bits per heavy atom. The predicted octanol–water partition coefficient (Wildman–Crippen LogP) is 5.01. The van der Waals surface area contributed by atoms with Crippen molar-refractivity contribution in [2.24, 2.45) is 0 Å². The van der Waals surface area contributed by atoms with E-state index in [0.29, 0.717) is 19.8 Å². The van der Waals surface area contributed by atoms with E-state index >= 15 is 0 Å². The lowest BCUT2D eigenvalue weighted by Crippen LogP contribution is -1.99. The molecule has 0 atom stereocenters. The van der Waals surface area contributed by atoms with E-state index in [-0.39, 0.29) is 5.56 Å². The topological polar surface area (TPSA) is 64.3 Å². The molecular formula is C25H22N2O3. The van der Waals surface area contributed by atoms with Gasteiger partial charge < -0.3 is 14.4 Å². The van der Waals surface area contributed by atoms with Crippen molar-refractivity contribution in [2.45, 2.75) is 19.8 Å². The molecule has 5 heteroatoms. The zero-order valence-corrected chi connectivity index (χ0v) is 16.4. The number of aromatic carboxylic acids is 1. The van der Waals surface area contributed by atoms with Crippen LogP contribution in [0.4, 0.5) is 0 Å². The maximum absolute atomic E-state index is 10.9. The van der Waals surface area contributed by atoms with E-state index in [9.17, 15) is 4.79 Å². The van der Waals surface area contributed by atoms with Crippen molar-refractivity contribution in [3.05, 3.63) is 114 Å². The van der Waals surface area contributed by atoms with Crippen LogP contribution in [-0.2, 0) is 24.5 Å². The number of carboxylic acid groups (broad SMARTS) is 1. The Balaban J connectivity index is 1.28. The van der Waals surface area contributed by atoms with Crippen molar-refractivity contribution < 1.29 is 14.6 Å². The van der Waals surface area contributed by atoms with Crippen LogP contribution in [0.3, 0.4) is 0 Å². The summed E-state index contributed by atoms with van der Waals surface area (Å²) in [6.45, 7) is 1.60. The highest BCUT2D eigenvalue weighted by molar-refractivity contribution is 5.87. The van der Waals surface area contributed by atoms with E-state index < -0.39 is 5.97 Å². The summed E-state index contributed by atoms with van der Waals surface area (Å²) in [7, 11) is 0. The molecule has 1 heterocycles. The van der Waals surface area contributed by atoms with Crippen molar-refractivity contribution >= 4 is 5.97 Å². The summed E-state index contributed by atoms with van der Waals surface area (Å²) in [6.07, 6.45) is 3.71. The molecule has 0 aliphatic heterocycles. The van der Waals surface area contributed by atoms with Gasteiger partial charge in [0.25, 0.3) is 0 Å². The van der Waals surface area contributed by atoms with Gasteiger partial charge in [0.1, 0.15) is 0 Å². The van der Waals surface area contributed by atoms with Crippen LogP contribution in [0.2, 0.25) is 0 Å². The lowest BCUT2D eigenvalue weighted by Gasteiger charge is -2.05. The Morgan fingerprint density at radius 3 is 2.20 bits per heavy atom. The average Bonchev–Trinajstić information content (AvgIpc) is 3.22. The molecule has 0 aliphatic carbocycles. The minimum Gasteiger partial charge on any atom is -0.478 e. The van der Waals surface area contributed by atoms with Crippen molar-refractivity contribution in [1.82, 2.24) is 9.55 Å². The molecule has 1 N–H and O–H groups in total. The average molecular weight is 398 g/mol. The third kappa shape index (κ3) is 5.01. The molecule has 3 aromatic carbocycles. The predicted molar refractivity (Wildman–Crippen MR) is 115 cm³/mol. The monoisotopic (exact) mass is 398 g/mol. The van der Waals surface area contributed by atoms with Crippen LogP contribution in [0.5, 0.6) is 0 Å². The standard InChI is InChI=1S/C25H22N2O3/c28-25(29)23-12-6-19(7-13-23)14-27-15-24(26-18-27)17-30-16-20-8-10-22(11-9-20)21-4-2-1-3-5-21/h1-13,15,18H,14,16-17H2,(H,28,29).